The highest BCUT2D eigenvalue weighted by molar-refractivity contribution is 5.94. The third-order valence-corrected chi connectivity index (χ3v) is 6.57. The summed E-state index contributed by atoms with van der Waals surface area (Å²) in [4.78, 5) is 27.6. The van der Waals surface area contributed by atoms with Gasteiger partial charge in [-0.3, -0.25) is 14.6 Å². The fraction of sp³-hybridized carbons (Fsp3) is 0.406. The molecule has 0 aliphatic heterocycles. The normalized spacial score (nSPS) is 11.6. The minimum absolute atomic E-state index is 0.0953. The lowest BCUT2D eigenvalue weighted by atomic mass is 10.0. The first-order valence-corrected chi connectivity index (χ1v) is 13.8. The van der Waals surface area contributed by atoms with Crippen LogP contribution >= 0.6 is 0 Å². The first-order chi connectivity index (χ1) is 18.5. The van der Waals surface area contributed by atoms with Crippen LogP contribution in [0.1, 0.15) is 92.8 Å². The molecule has 0 fully saturated rings. The predicted molar refractivity (Wildman–Crippen MR) is 151 cm³/mol. The number of benzene rings is 2. The van der Waals surface area contributed by atoms with Crippen LogP contribution in [0.3, 0.4) is 0 Å². The van der Waals surface area contributed by atoms with Crippen molar-refractivity contribution in [2.24, 2.45) is 0 Å². The fourth-order valence-electron chi connectivity index (χ4n) is 4.30. The van der Waals surface area contributed by atoms with Gasteiger partial charge in [-0.05, 0) is 61.6 Å². The highest BCUT2D eigenvalue weighted by atomic mass is 16.5. The number of aryl methyl sites for hydroxylation is 1. The number of nitrogens with zero attached hydrogens (tertiary/aromatic N) is 1. The quantitative estimate of drug-likeness (QED) is 0.194. The summed E-state index contributed by atoms with van der Waals surface area (Å²) in [6.07, 6.45) is 10.7. The maximum Gasteiger partial charge on any atom is 0.305 e. The summed E-state index contributed by atoms with van der Waals surface area (Å²) < 4.78 is 6.35. The summed E-state index contributed by atoms with van der Waals surface area (Å²) in [5, 5.41) is 11.3. The monoisotopic (exact) mass is 516 g/mol. The molecule has 6 heteroatoms. The highest BCUT2D eigenvalue weighted by Gasteiger charge is 2.15. The number of nitrogens with one attached hydrogen (secondary N) is 1. The van der Waals surface area contributed by atoms with Gasteiger partial charge in [-0.15, -0.1) is 0 Å². The van der Waals surface area contributed by atoms with Crippen molar-refractivity contribution in [3.8, 4) is 17.0 Å². The van der Waals surface area contributed by atoms with Crippen LogP contribution in [0.15, 0.2) is 66.9 Å². The Labute approximate surface area is 226 Å². The molecule has 38 heavy (non-hydrogen) atoms. The van der Waals surface area contributed by atoms with Gasteiger partial charge in [0.2, 0.25) is 0 Å². The summed E-state index contributed by atoms with van der Waals surface area (Å²) in [5.74, 6) is -0.566. The Bertz CT molecular complexity index is 1130. The molecular formula is C32H40N2O4. The molecule has 202 valence electrons. The van der Waals surface area contributed by atoms with E-state index in [1.54, 1.807) is 24.3 Å². The summed E-state index contributed by atoms with van der Waals surface area (Å²) >= 11 is 0. The minimum Gasteiger partial charge on any atom is -0.486 e. The van der Waals surface area contributed by atoms with E-state index in [4.69, 9.17) is 14.8 Å². The molecule has 0 aliphatic rings. The number of aromatic nitrogens is 1. The molecule has 2 N–H and O–H groups in total. The summed E-state index contributed by atoms with van der Waals surface area (Å²) in [7, 11) is 0. The summed E-state index contributed by atoms with van der Waals surface area (Å²) in [6, 6.07) is 19.8. The van der Waals surface area contributed by atoms with Crippen LogP contribution in [-0.2, 0) is 11.2 Å². The van der Waals surface area contributed by atoms with Gasteiger partial charge in [0.25, 0.3) is 5.91 Å². The molecule has 0 radical (unpaired) electrons. The van der Waals surface area contributed by atoms with Gasteiger partial charge in [0, 0.05) is 29.4 Å². The summed E-state index contributed by atoms with van der Waals surface area (Å²) in [5.41, 5.74) is 4.91. The van der Waals surface area contributed by atoms with Gasteiger partial charge < -0.3 is 15.2 Å². The number of amides is 1. The van der Waals surface area contributed by atoms with Crippen LogP contribution in [0, 0.1) is 0 Å². The lowest BCUT2D eigenvalue weighted by Gasteiger charge is -2.20. The van der Waals surface area contributed by atoms with Gasteiger partial charge in [-0.25, -0.2) is 0 Å². The number of rotatable bonds is 16. The van der Waals surface area contributed by atoms with Crippen molar-refractivity contribution in [3.05, 3.63) is 83.6 Å². The predicted octanol–water partition coefficient (Wildman–Crippen LogP) is 7.39. The Hall–Kier alpha value is -3.67. The molecule has 1 atom stereocenters. The van der Waals surface area contributed by atoms with Crippen molar-refractivity contribution < 1.29 is 19.4 Å². The molecule has 1 aromatic heterocycles. The molecule has 6 nitrogen and oxygen atoms in total. The number of unbranched alkanes of at least 4 members (excludes halogenated alkanes) is 4. The van der Waals surface area contributed by atoms with Crippen LogP contribution in [0.4, 0.5) is 0 Å². The van der Waals surface area contributed by atoms with Crippen molar-refractivity contribution in [2.75, 3.05) is 6.54 Å². The Morgan fingerprint density at radius 3 is 2.24 bits per heavy atom. The average molecular weight is 517 g/mol. The van der Waals surface area contributed by atoms with Crippen molar-refractivity contribution >= 4 is 11.9 Å². The summed E-state index contributed by atoms with van der Waals surface area (Å²) in [6.45, 7) is 4.50. The van der Waals surface area contributed by atoms with Crippen molar-refractivity contribution in [3.63, 3.8) is 0 Å². The van der Waals surface area contributed by atoms with Crippen molar-refractivity contribution in [1.29, 1.82) is 0 Å². The topological polar surface area (TPSA) is 88.5 Å². The van der Waals surface area contributed by atoms with Crippen molar-refractivity contribution in [2.45, 2.75) is 77.7 Å². The molecule has 0 spiro atoms. The zero-order valence-electron chi connectivity index (χ0n) is 22.6. The maximum absolute atomic E-state index is 12.2. The zero-order chi connectivity index (χ0) is 27.2. The second-order valence-corrected chi connectivity index (χ2v) is 9.66. The highest BCUT2D eigenvalue weighted by Crippen LogP contribution is 2.28. The number of pyridine rings is 1. The molecule has 3 aromatic rings. The van der Waals surface area contributed by atoms with E-state index < -0.39 is 5.97 Å². The van der Waals surface area contributed by atoms with E-state index in [1.165, 1.54) is 24.8 Å². The van der Waals surface area contributed by atoms with E-state index >= 15 is 0 Å². The van der Waals surface area contributed by atoms with Gasteiger partial charge in [-0.1, -0.05) is 69.9 Å². The Kier molecular flexibility index (Phi) is 11.8. The van der Waals surface area contributed by atoms with Gasteiger partial charge >= 0.3 is 5.97 Å². The standard InChI is InChI=1S/C32H40N2O4/c1-3-5-7-9-24-11-13-25(14-12-24)29-20-17-27(23-34-29)30(10-8-6-4-2)38-28-18-15-26(16-19-28)32(37)33-22-21-31(35)36/h11-20,23,30H,3-10,21-22H2,1-2H3,(H,33,37)(H,35,36)/t30-/m1/s1. The molecule has 0 bridgehead atoms. The van der Waals surface area contributed by atoms with E-state index in [1.807, 2.05) is 6.20 Å². The number of hydrogen-bond donors (Lipinski definition) is 2. The SMILES string of the molecule is CCCCCc1ccc(-c2ccc([C@@H](CCCCC)Oc3ccc(C(=O)NCCC(=O)O)cc3)cn2)cc1. The first kappa shape index (κ1) is 28.9. The third kappa shape index (κ3) is 9.33. The van der Waals surface area contributed by atoms with E-state index in [9.17, 15) is 9.59 Å². The Balaban J connectivity index is 1.66. The molecule has 2 aromatic carbocycles. The molecule has 0 aliphatic carbocycles. The van der Waals surface area contributed by atoms with Gasteiger partial charge in [0.1, 0.15) is 11.9 Å². The Morgan fingerprint density at radius 2 is 1.61 bits per heavy atom. The molecule has 1 amide bonds. The maximum atomic E-state index is 12.2. The third-order valence-electron chi connectivity index (χ3n) is 6.57. The number of hydrogen-bond acceptors (Lipinski definition) is 4. The molecule has 0 unspecified atom stereocenters. The van der Waals surface area contributed by atoms with Crippen LogP contribution < -0.4 is 10.1 Å². The largest absolute Gasteiger partial charge is 0.486 e. The molecule has 0 saturated carbocycles. The van der Waals surface area contributed by atoms with Crippen LogP contribution in [-0.4, -0.2) is 28.5 Å². The number of carboxylic acids is 1. The second-order valence-electron chi connectivity index (χ2n) is 9.66. The lowest BCUT2D eigenvalue weighted by molar-refractivity contribution is -0.136. The number of carboxylic acid groups (broad SMARTS) is 1. The van der Waals surface area contributed by atoms with Crippen LogP contribution in [0.5, 0.6) is 5.75 Å². The van der Waals surface area contributed by atoms with E-state index in [2.05, 4.69) is 55.6 Å². The number of carbonyl (C=O) groups excluding carboxylic acids is 1. The fourth-order valence-corrected chi connectivity index (χ4v) is 4.30. The van der Waals surface area contributed by atoms with Crippen molar-refractivity contribution in [1.82, 2.24) is 10.3 Å². The smallest absolute Gasteiger partial charge is 0.305 e. The number of aliphatic carboxylic acids is 1. The average Bonchev–Trinajstić information content (AvgIpc) is 2.93. The lowest BCUT2D eigenvalue weighted by Crippen LogP contribution is -2.25. The number of ether oxygens (including phenoxy) is 1. The molecule has 3 rings (SSSR count). The zero-order valence-corrected chi connectivity index (χ0v) is 22.6. The number of carbonyl (C=O) groups is 2. The minimum atomic E-state index is -0.943. The van der Waals surface area contributed by atoms with Crippen LogP contribution in [0.2, 0.25) is 0 Å². The second kappa shape index (κ2) is 15.6. The van der Waals surface area contributed by atoms with E-state index in [0.29, 0.717) is 11.3 Å². The molecular weight excluding hydrogens is 476 g/mol. The van der Waals surface area contributed by atoms with Gasteiger partial charge in [0.05, 0.1) is 12.1 Å². The van der Waals surface area contributed by atoms with Gasteiger partial charge in [-0.2, -0.15) is 0 Å². The van der Waals surface area contributed by atoms with E-state index in [-0.39, 0.29) is 25.0 Å². The first-order valence-electron chi connectivity index (χ1n) is 13.8. The Morgan fingerprint density at radius 1 is 0.895 bits per heavy atom. The van der Waals surface area contributed by atoms with E-state index in [0.717, 1.165) is 48.9 Å². The van der Waals surface area contributed by atoms with Crippen LogP contribution in [0.25, 0.3) is 11.3 Å². The molecule has 0 saturated heterocycles. The van der Waals surface area contributed by atoms with Gasteiger partial charge in [0.15, 0.2) is 0 Å². The molecule has 1 heterocycles.